The quantitative estimate of drug-likeness (QED) is 0.564. The number of amides is 3. The Morgan fingerprint density at radius 1 is 1.02 bits per heavy atom. The van der Waals surface area contributed by atoms with E-state index in [0.717, 1.165) is 51.6 Å². The van der Waals surface area contributed by atoms with Crippen LogP contribution >= 0.6 is 0 Å². The molecule has 5 fully saturated rings. The number of fused-ring (bicyclic) bond motifs is 1. The number of nitrogens with one attached hydrogen (secondary N) is 2. The lowest BCUT2D eigenvalue weighted by molar-refractivity contribution is -0.148. The van der Waals surface area contributed by atoms with Gasteiger partial charge in [-0.1, -0.05) is 30.3 Å². The molecule has 9 nitrogen and oxygen atoms in total. The second kappa shape index (κ2) is 11.2. The third-order valence-corrected chi connectivity index (χ3v) is 9.76. The van der Waals surface area contributed by atoms with Crippen LogP contribution < -0.4 is 10.6 Å². The molecule has 1 aliphatic carbocycles. The third-order valence-electron chi connectivity index (χ3n) is 9.76. The number of carbonyl (C=O) groups excluding carboxylic acids is 3. The van der Waals surface area contributed by atoms with Gasteiger partial charge in [0.05, 0.1) is 6.61 Å². The zero-order valence-corrected chi connectivity index (χ0v) is 24.8. The van der Waals surface area contributed by atoms with Crippen molar-refractivity contribution in [2.24, 2.45) is 0 Å². The first-order valence-electron chi connectivity index (χ1n) is 15.6. The number of nitrogens with zero attached hydrogens (tertiary/aromatic N) is 2. The molecule has 6 atom stereocenters. The Kier molecular flexibility index (Phi) is 7.78. The van der Waals surface area contributed by atoms with E-state index in [9.17, 15) is 14.4 Å². The summed E-state index contributed by atoms with van der Waals surface area (Å²) in [4.78, 5) is 45.3. The average Bonchev–Trinajstić information content (AvgIpc) is 3.24. The normalized spacial score (nSPS) is 32.9. The third kappa shape index (κ3) is 6.12. The summed E-state index contributed by atoms with van der Waals surface area (Å²) in [5, 5.41) is 6.65. The van der Waals surface area contributed by atoms with Crippen LogP contribution in [0.3, 0.4) is 0 Å². The Morgan fingerprint density at radius 3 is 2.49 bits per heavy atom. The largest absolute Gasteiger partial charge is 0.444 e. The number of hydrogen-bond donors (Lipinski definition) is 2. The predicted octanol–water partition coefficient (Wildman–Crippen LogP) is 3.72. The monoisotopic (exact) mass is 566 g/mol. The van der Waals surface area contributed by atoms with E-state index in [1.54, 1.807) is 0 Å². The minimum absolute atomic E-state index is 0.0396. The lowest BCUT2D eigenvalue weighted by Crippen LogP contribution is -2.59. The summed E-state index contributed by atoms with van der Waals surface area (Å²) in [6.07, 6.45) is 6.97. The van der Waals surface area contributed by atoms with Crippen LogP contribution in [0.4, 0.5) is 4.79 Å². The molecule has 0 aromatic heterocycles. The Labute approximate surface area is 243 Å². The SMILES string of the molecule is CC(C)(C)OC(=O)N[C@H]1CC[C@H](N[C@@H]2CCOC2)C[C@H]2CC[C@@H](C(=O)N3C[C@H](c4ccccc4)CC34CC4)N2C1=O. The van der Waals surface area contributed by atoms with E-state index in [2.05, 4.69) is 39.8 Å². The molecular weight excluding hydrogens is 520 g/mol. The molecule has 1 spiro atoms. The van der Waals surface area contributed by atoms with Crippen LogP contribution in [-0.4, -0.2) is 88.8 Å². The van der Waals surface area contributed by atoms with Gasteiger partial charge in [-0.25, -0.2) is 4.79 Å². The Morgan fingerprint density at radius 2 is 1.80 bits per heavy atom. The molecule has 0 unspecified atom stereocenters. The van der Waals surface area contributed by atoms with E-state index in [4.69, 9.17) is 9.47 Å². The zero-order chi connectivity index (χ0) is 28.8. The first-order valence-corrected chi connectivity index (χ1v) is 15.6. The molecule has 6 rings (SSSR count). The average molecular weight is 567 g/mol. The van der Waals surface area contributed by atoms with E-state index in [1.807, 2.05) is 31.7 Å². The smallest absolute Gasteiger partial charge is 0.408 e. The summed E-state index contributed by atoms with van der Waals surface area (Å²) >= 11 is 0. The summed E-state index contributed by atoms with van der Waals surface area (Å²) in [6.45, 7) is 7.61. The molecule has 3 amide bonds. The van der Waals surface area contributed by atoms with Crippen LogP contribution in [-0.2, 0) is 19.1 Å². The fourth-order valence-corrected chi connectivity index (χ4v) is 7.66. The van der Waals surface area contributed by atoms with Crippen molar-refractivity contribution in [1.29, 1.82) is 0 Å². The molecule has 224 valence electrons. The first kappa shape index (κ1) is 28.5. The Bertz CT molecular complexity index is 1130. The number of ether oxygens (including phenoxy) is 2. The van der Waals surface area contributed by atoms with Crippen molar-refractivity contribution in [3.05, 3.63) is 35.9 Å². The van der Waals surface area contributed by atoms with E-state index < -0.39 is 23.8 Å². The molecule has 9 heteroatoms. The highest BCUT2D eigenvalue weighted by molar-refractivity contribution is 5.93. The Hall–Kier alpha value is -2.65. The molecule has 5 aliphatic rings. The highest BCUT2D eigenvalue weighted by atomic mass is 16.6. The molecule has 4 saturated heterocycles. The van der Waals surface area contributed by atoms with Crippen molar-refractivity contribution in [3.8, 4) is 0 Å². The highest BCUT2D eigenvalue weighted by Gasteiger charge is 2.58. The van der Waals surface area contributed by atoms with Crippen molar-refractivity contribution in [2.45, 2.75) is 126 Å². The van der Waals surface area contributed by atoms with Gasteiger partial charge in [-0.2, -0.15) is 0 Å². The molecule has 1 saturated carbocycles. The van der Waals surface area contributed by atoms with E-state index in [-0.39, 0.29) is 29.4 Å². The van der Waals surface area contributed by atoms with Gasteiger partial charge in [-0.15, -0.1) is 0 Å². The number of rotatable bonds is 5. The first-order chi connectivity index (χ1) is 19.6. The van der Waals surface area contributed by atoms with Gasteiger partial charge in [-0.05, 0) is 84.1 Å². The van der Waals surface area contributed by atoms with Gasteiger partial charge in [-0.3, -0.25) is 9.59 Å². The van der Waals surface area contributed by atoms with Crippen LogP contribution in [0.25, 0.3) is 0 Å². The summed E-state index contributed by atoms with van der Waals surface area (Å²) in [6, 6.07) is 9.73. The van der Waals surface area contributed by atoms with Gasteiger partial charge in [0.25, 0.3) is 0 Å². The Balaban J connectivity index is 1.22. The van der Waals surface area contributed by atoms with Crippen LogP contribution in [0.15, 0.2) is 30.3 Å². The van der Waals surface area contributed by atoms with Gasteiger partial charge in [0.1, 0.15) is 17.7 Å². The van der Waals surface area contributed by atoms with E-state index >= 15 is 0 Å². The van der Waals surface area contributed by atoms with Crippen molar-refractivity contribution in [2.75, 3.05) is 19.8 Å². The maximum atomic E-state index is 14.3. The highest BCUT2D eigenvalue weighted by Crippen LogP contribution is 2.54. The van der Waals surface area contributed by atoms with Crippen LogP contribution in [0, 0.1) is 0 Å². The molecule has 1 aromatic carbocycles. The van der Waals surface area contributed by atoms with Crippen LogP contribution in [0.5, 0.6) is 0 Å². The summed E-state index contributed by atoms with van der Waals surface area (Å²) < 4.78 is 11.1. The topological polar surface area (TPSA) is 100 Å². The van der Waals surface area contributed by atoms with Crippen LogP contribution in [0.2, 0.25) is 0 Å². The van der Waals surface area contributed by atoms with Crippen LogP contribution in [0.1, 0.15) is 90.0 Å². The molecule has 4 aliphatic heterocycles. The zero-order valence-electron chi connectivity index (χ0n) is 24.8. The maximum absolute atomic E-state index is 14.3. The van der Waals surface area contributed by atoms with E-state index in [1.165, 1.54) is 5.56 Å². The van der Waals surface area contributed by atoms with Crippen molar-refractivity contribution < 1.29 is 23.9 Å². The van der Waals surface area contributed by atoms with Crippen molar-refractivity contribution in [1.82, 2.24) is 20.4 Å². The molecule has 41 heavy (non-hydrogen) atoms. The molecule has 0 bridgehead atoms. The number of benzene rings is 1. The second-order valence-electron chi connectivity index (χ2n) is 13.9. The van der Waals surface area contributed by atoms with Gasteiger partial charge in [0.15, 0.2) is 0 Å². The standard InChI is InChI=1S/C32H46N4O5/c1-31(2,3)41-30(39)34-26-11-9-23(33-24-13-16-40-20-24)17-25-10-12-27(36(25)28(26)37)29(38)35-19-22(18-32(35)14-15-32)21-7-5-4-6-8-21/h4-8,22-27,33H,9-20H2,1-3H3,(H,34,39)/t22-,23+,24-,25-,26+,27+/m1/s1. The fraction of sp³-hybridized carbons (Fsp3) is 0.719. The summed E-state index contributed by atoms with van der Waals surface area (Å²) in [5.41, 5.74) is 0.550. The number of likely N-dealkylation sites (tertiary alicyclic amines) is 1. The minimum Gasteiger partial charge on any atom is -0.444 e. The van der Waals surface area contributed by atoms with Crippen molar-refractivity contribution >= 4 is 17.9 Å². The second-order valence-corrected chi connectivity index (χ2v) is 13.9. The minimum atomic E-state index is -0.726. The summed E-state index contributed by atoms with van der Waals surface area (Å²) in [7, 11) is 0. The molecule has 1 aromatic rings. The van der Waals surface area contributed by atoms with Gasteiger partial charge >= 0.3 is 6.09 Å². The molecule has 4 heterocycles. The molecule has 2 N–H and O–H groups in total. The number of hydrogen-bond acceptors (Lipinski definition) is 6. The number of alkyl carbamates (subject to hydrolysis) is 1. The van der Waals surface area contributed by atoms with Gasteiger partial charge in [0.2, 0.25) is 11.8 Å². The number of carbonyl (C=O) groups is 3. The van der Waals surface area contributed by atoms with Gasteiger partial charge in [0, 0.05) is 42.7 Å². The lowest BCUT2D eigenvalue weighted by Gasteiger charge is -2.39. The predicted molar refractivity (Wildman–Crippen MR) is 154 cm³/mol. The summed E-state index contributed by atoms with van der Waals surface area (Å²) in [5.74, 6) is 0.261. The molecular formula is C32H46N4O5. The van der Waals surface area contributed by atoms with Gasteiger partial charge < -0.3 is 29.9 Å². The lowest BCUT2D eigenvalue weighted by atomic mass is 9.94. The fourth-order valence-electron chi connectivity index (χ4n) is 7.66. The van der Waals surface area contributed by atoms with E-state index in [0.29, 0.717) is 38.0 Å². The van der Waals surface area contributed by atoms with Crippen molar-refractivity contribution in [3.63, 3.8) is 0 Å². The maximum Gasteiger partial charge on any atom is 0.408 e. The molecule has 0 radical (unpaired) electrons.